The number of carbonyl (C=O) groups excluding carboxylic acids is 3. The van der Waals surface area contributed by atoms with Crippen LogP contribution in [-0.4, -0.2) is 30.0 Å². The van der Waals surface area contributed by atoms with Gasteiger partial charge in [0.25, 0.3) is 0 Å². The van der Waals surface area contributed by atoms with Crippen LogP contribution in [-0.2, 0) is 40.6 Å². The maximum absolute atomic E-state index is 14.3. The number of hydrogen-bond acceptors (Lipinski definition) is 8. The Labute approximate surface area is 214 Å². The number of rotatable bonds is 5. The lowest BCUT2D eigenvalue weighted by molar-refractivity contribution is -0.151. The van der Waals surface area contributed by atoms with Crippen molar-refractivity contribution >= 4 is 23.5 Å². The molecule has 0 radical (unpaired) electrons. The van der Waals surface area contributed by atoms with Gasteiger partial charge in [-0.05, 0) is 39.3 Å². The van der Waals surface area contributed by atoms with Crippen LogP contribution in [0.25, 0.3) is 0 Å². The molecule has 2 aromatic rings. The number of benzene rings is 2. The number of hydrogen-bond donors (Lipinski definition) is 1. The fourth-order valence-electron chi connectivity index (χ4n) is 4.61. The highest BCUT2D eigenvalue weighted by Gasteiger charge is 2.62. The third kappa shape index (κ3) is 4.42. The molecule has 0 aliphatic carbocycles. The number of ether oxygens (including phenoxy) is 3. The summed E-state index contributed by atoms with van der Waals surface area (Å²) in [5.41, 5.74) is 4.29. The predicted molar refractivity (Wildman–Crippen MR) is 133 cm³/mol. The summed E-state index contributed by atoms with van der Waals surface area (Å²) in [5.74, 6) is -2.47. The zero-order chi connectivity index (χ0) is 27.0. The van der Waals surface area contributed by atoms with Gasteiger partial charge in [0.1, 0.15) is 41.7 Å². The molecule has 9 nitrogen and oxygen atoms in total. The molecule has 1 atom stereocenters. The van der Waals surface area contributed by atoms with Crippen molar-refractivity contribution in [3.8, 4) is 6.07 Å². The normalized spacial score (nSPS) is 18.9. The first kappa shape index (κ1) is 25.5. The average Bonchev–Trinajstić information content (AvgIpc) is 3.06. The van der Waals surface area contributed by atoms with E-state index in [2.05, 4.69) is 0 Å². The number of nitrogens with two attached hydrogens (primary N) is 1. The third-order valence-corrected chi connectivity index (χ3v) is 6.02. The van der Waals surface area contributed by atoms with E-state index in [4.69, 9.17) is 19.9 Å². The molecule has 0 fully saturated rings. The van der Waals surface area contributed by atoms with E-state index < -0.39 is 35.4 Å². The molecule has 190 valence electrons. The monoisotopic (exact) mass is 501 g/mol. The number of anilines is 1. The summed E-state index contributed by atoms with van der Waals surface area (Å²) in [4.78, 5) is 41.8. The molecule has 2 heterocycles. The van der Waals surface area contributed by atoms with Crippen LogP contribution in [0.4, 0.5) is 5.69 Å². The molecular formula is C28H27N3O6. The summed E-state index contributed by atoms with van der Waals surface area (Å²) < 4.78 is 16.6. The molecule has 2 aliphatic heterocycles. The van der Waals surface area contributed by atoms with Crippen LogP contribution in [0.2, 0.25) is 0 Å². The number of para-hydroxylation sites is 1. The summed E-state index contributed by atoms with van der Waals surface area (Å²) in [6.45, 7) is 6.13. The van der Waals surface area contributed by atoms with E-state index in [0.29, 0.717) is 11.3 Å². The second-order valence-electron chi connectivity index (χ2n) is 9.69. The number of nitrogens with zero attached hydrogens (tertiary/aromatic N) is 2. The van der Waals surface area contributed by atoms with Crippen LogP contribution < -0.4 is 10.6 Å². The quantitative estimate of drug-likeness (QED) is 0.617. The zero-order valence-electron chi connectivity index (χ0n) is 21.0. The Hall–Kier alpha value is -4.58. The molecule has 2 N–H and O–H groups in total. The van der Waals surface area contributed by atoms with Crippen LogP contribution in [0.3, 0.4) is 0 Å². The molecule has 0 saturated heterocycles. The summed E-state index contributed by atoms with van der Waals surface area (Å²) in [7, 11) is 0. The minimum atomic E-state index is -1.94. The topological polar surface area (TPSA) is 132 Å². The van der Waals surface area contributed by atoms with Crippen LogP contribution in [0.1, 0.15) is 38.8 Å². The van der Waals surface area contributed by atoms with Crippen LogP contribution in [0, 0.1) is 11.3 Å². The smallest absolute Gasteiger partial charge is 0.339 e. The van der Waals surface area contributed by atoms with E-state index >= 15 is 0 Å². The molecule has 0 saturated carbocycles. The Morgan fingerprint density at radius 2 is 1.76 bits per heavy atom. The summed E-state index contributed by atoms with van der Waals surface area (Å²) >= 11 is 0. The van der Waals surface area contributed by atoms with Gasteiger partial charge in [-0.25, -0.2) is 4.79 Å². The maximum atomic E-state index is 14.3. The molecule has 1 spiro atoms. The number of esters is 2. The van der Waals surface area contributed by atoms with Crippen molar-refractivity contribution in [1.82, 2.24) is 0 Å². The highest BCUT2D eigenvalue weighted by atomic mass is 16.6. The molecule has 1 amide bonds. The minimum Gasteiger partial charge on any atom is -0.459 e. The van der Waals surface area contributed by atoms with E-state index in [1.165, 1.54) is 11.8 Å². The number of allylic oxidation sites excluding steroid dienone is 1. The van der Waals surface area contributed by atoms with Gasteiger partial charge in [0, 0.05) is 11.3 Å². The molecule has 0 aromatic heterocycles. The maximum Gasteiger partial charge on any atom is 0.339 e. The molecule has 9 heteroatoms. The van der Waals surface area contributed by atoms with E-state index in [0.717, 1.165) is 5.56 Å². The summed E-state index contributed by atoms with van der Waals surface area (Å²) in [6.07, 6.45) is 0. The first-order valence-electron chi connectivity index (χ1n) is 11.6. The second kappa shape index (κ2) is 9.47. The first-order valence-corrected chi connectivity index (χ1v) is 11.6. The number of nitriles is 1. The van der Waals surface area contributed by atoms with Gasteiger partial charge in [-0.2, -0.15) is 5.26 Å². The van der Waals surface area contributed by atoms with Crippen molar-refractivity contribution in [2.24, 2.45) is 5.73 Å². The van der Waals surface area contributed by atoms with Crippen molar-refractivity contribution in [2.45, 2.75) is 45.3 Å². The lowest BCUT2D eigenvalue weighted by atomic mass is 9.68. The van der Waals surface area contributed by atoms with Crippen molar-refractivity contribution in [1.29, 1.82) is 5.26 Å². The van der Waals surface area contributed by atoms with Gasteiger partial charge in [-0.1, -0.05) is 48.5 Å². The van der Waals surface area contributed by atoms with Crippen molar-refractivity contribution in [3.05, 3.63) is 88.5 Å². The molecule has 2 aliphatic rings. The van der Waals surface area contributed by atoms with Gasteiger partial charge < -0.3 is 19.9 Å². The van der Waals surface area contributed by atoms with Gasteiger partial charge in [0.2, 0.25) is 11.8 Å². The van der Waals surface area contributed by atoms with Gasteiger partial charge >= 0.3 is 11.9 Å². The average molecular weight is 502 g/mol. The summed E-state index contributed by atoms with van der Waals surface area (Å²) in [5, 5.41) is 10.1. The molecular weight excluding hydrogens is 474 g/mol. The Morgan fingerprint density at radius 1 is 1.11 bits per heavy atom. The van der Waals surface area contributed by atoms with Crippen molar-refractivity contribution in [3.63, 3.8) is 0 Å². The Morgan fingerprint density at radius 3 is 2.41 bits per heavy atom. The number of carbonyl (C=O) groups is 3. The van der Waals surface area contributed by atoms with E-state index in [1.807, 2.05) is 36.4 Å². The Kier molecular flexibility index (Phi) is 6.53. The Balaban J connectivity index is 1.79. The number of fused-ring (bicyclic) bond motifs is 2. The summed E-state index contributed by atoms with van der Waals surface area (Å²) in [6, 6.07) is 17.7. The zero-order valence-corrected chi connectivity index (χ0v) is 21.0. The SMILES string of the molecule is CC1=C(C(=O)OC(C)(C)C)C2(C(=O)N(CC(=O)OCc3ccccc3)c3ccccc32)C(C#N)=C(N)O1. The standard InChI is InChI=1S/C28H27N3O6/c1-17-23(25(33)37-27(2,3)4)28(20(14-29)24(30)36-17)19-12-8-9-13-21(19)31(26(28)34)15-22(32)35-16-18-10-6-5-7-11-18/h5-13H,15-16,30H2,1-4H3. The lowest BCUT2D eigenvalue weighted by Crippen LogP contribution is -2.50. The van der Waals surface area contributed by atoms with Crippen molar-refractivity contribution in [2.75, 3.05) is 11.4 Å². The van der Waals surface area contributed by atoms with Crippen LogP contribution in [0.15, 0.2) is 77.4 Å². The Bertz CT molecular complexity index is 1380. The highest BCUT2D eigenvalue weighted by molar-refractivity contribution is 6.19. The molecule has 1 unspecified atom stereocenters. The fourth-order valence-corrected chi connectivity index (χ4v) is 4.61. The van der Waals surface area contributed by atoms with Gasteiger partial charge in [0.15, 0.2) is 5.41 Å². The molecule has 4 rings (SSSR count). The fraction of sp³-hybridized carbons (Fsp3) is 0.286. The van der Waals surface area contributed by atoms with E-state index in [9.17, 15) is 19.6 Å². The largest absolute Gasteiger partial charge is 0.459 e. The first-order chi connectivity index (χ1) is 17.5. The van der Waals surface area contributed by atoms with Crippen LogP contribution in [0.5, 0.6) is 0 Å². The highest BCUT2D eigenvalue weighted by Crippen LogP contribution is 2.54. The molecule has 0 bridgehead atoms. The van der Waals surface area contributed by atoms with Crippen LogP contribution >= 0.6 is 0 Å². The predicted octanol–water partition coefficient (Wildman–Crippen LogP) is 3.35. The van der Waals surface area contributed by atoms with Gasteiger partial charge in [0.05, 0.1) is 0 Å². The van der Waals surface area contributed by atoms with Crippen molar-refractivity contribution < 1.29 is 28.6 Å². The van der Waals surface area contributed by atoms with E-state index in [1.54, 1.807) is 45.0 Å². The third-order valence-electron chi connectivity index (χ3n) is 6.02. The van der Waals surface area contributed by atoms with Gasteiger partial charge in [-0.15, -0.1) is 0 Å². The van der Waals surface area contributed by atoms with E-state index in [-0.39, 0.29) is 29.4 Å². The lowest BCUT2D eigenvalue weighted by Gasteiger charge is -2.35. The number of amides is 1. The van der Waals surface area contributed by atoms with Gasteiger partial charge in [-0.3, -0.25) is 14.5 Å². The minimum absolute atomic E-state index is 0.0286. The second-order valence-corrected chi connectivity index (χ2v) is 9.69. The molecule has 2 aromatic carbocycles. The molecule has 37 heavy (non-hydrogen) atoms.